The topological polar surface area (TPSA) is 127 Å². The third-order valence-electron chi connectivity index (χ3n) is 9.75. The summed E-state index contributed by atoms with van der Waals surface area (Å²) >= 11 is 1.43. The number of methoxy groups -OCH3 is 1. The van der Waals surface area contributed by atoms with Gasteiger partial charge in [0.15, 0.2) is 5.60 Å². The number of aromatic nitrogens is 3. The molecule has 4 heterocycles. The summed E-state index contributed by atoms with van der Waals surface area (Å²) in [5, 5.41) is 4.00. The van der Waals surface area contributed by atoms with E-state index in [2.05, 4.69) is 10.1 Å². The molecule has 45 heavy (non-hydrogen) atoms. The van der Waals surface area contributed by atoms with Gasteiger partial charge in [-0.1, -0.05) is 27.7 Å². The van der Waals surface area contributed by atoms with E-state index >= 15 is 0 Å². The SMILES string of the molecule is CCC1OC(=O)C(C)C(=O)C(C)CC(C)(OC)CC(C)C(=O)C(C)C2C(SCCn3ccc(-c4ccncc4)n3)C(=O)OC12C. The van der Waals surface area contributed by atoms with Gasteiger partial charge in [0.05, 0.1) is 11.3 Å². The third-order valence-corrected chi connectivity index (χ3v) is 11.0. The highest BCUT2D eigenvalue weighted by Gasteiger charge is 2.61. The Labute approximate surface area is 270 Å². The number of cyclic esters (lactones) is 1. The molecule has 2 fully saturated rings. The second-order valence-electron chi connectivity index (χ2n) is 13.1. The van der Waals surface area contributed by atoms with E-state index in [0.717, 1.165) is 11.3 Å². The summed E-state index contributed by atoms with van der Waals surface area (Å²) in [5.41, 5.74) is -0.241. The minimum absolute atomic E-state index is 0.0157. The summed E-state index contributed by atoms with van der Waals surface area (Å²) in [7, 11) is 1.58. The van der Waals surface area contributed by atoms with Crippen LogP contribution in [0.1, 0.15) is 67.7 Å². The number of aryl methyl sites for hydroxylation is 1. The molecule has 0 spiro atoms. The molecule has 0 radical (unpaired) electrons. The average molecular weight is 642 g/mol. The van der Waals surface area contributed by atoms with Gasteiger partial charge in [0.2, 0.25) is 0 Å². The molecule has 0 aromatic carbocycles. The summed E-state index contributed by atoms with van der Waals surface area (Å²) < 4.78 is 19.8. The van der Waals surface area contributed by atoms with Gasteiger partial charge in [0, 0.05) is 67.2 Å². The fourth-order valence-electron chi connectivity index (χ4n) is 7.20. The van der Waals surface area contributed by atoms with Crippen LogP contribution in [0.25, 0.3) is 11.3 Å². The van der Waals surface area contributed by atoms with Crippen molar-refractivity contribution in [1.82, 2.24) is 14.8 Å². The van der Waals surface area contributed by atoms with Gasteiger partial charge < -0.3 is 14.2 Å². The molecule has 10 nitrogen and oxygen atoms in total. The van der Waals surface area contributed by atoms with Crippen molar-refractivity contribution in [1.29, 1.82) is 0 Å². The van der Waals surface area contributed by atoms with Gasteiger partial charge in [0.25, 0.3) is 0 Å². The number of hydrogen-bond acceptors (Lipinski definition) is 10. The van der Waals surface area contributed by atoms with E-state index in [-0.39, 0.29) is 11.6 Å². The molecule has 9 unspecified atom stereocenters. The zero-order valence-corrected chi connectivity index (χ0v) is 28.5. The van der Waals surface area contributed by atoms with Gasteiger partial charge in [0.1, 0.15) is 28.8 Å². The first-order valence-corrected chi connectivity index (χ1v) is 16.9. The first-order valence-electron chi connectivity index (χ1n) is 15.9. The molecule has 0 saturated carbocycles. The minimum Gasteiger partial charge on any atom is -0.458 e. The van der Waals surface area contributed by atoms with Gasteiger partial charge in [-0.05, 0) is 58.2 Å². The van der Waals surface area contributed by atoms with Crippen molar-refractivity contribution in [3.8, 4) is 11.3 Å². The minimum atomic E-state index is -1.27. The predicted molar refractivity (Wildman–Crippen MR) is 171 cm³/mol. The highest BCUT2D eigenvalue weighted by molar-refractivity contribution is 8.00. The number of thioether (sulfide) groups is 1. The van der Waals surface area contributed by atoms with E-state index in [0.29, 0.717) is 31.6 Å². The van der Waals surface area contributed by atoms with Gasteiger partial charge >= 0.3 is 11.9 Å². The summed E-state index contributed by atoms with van der Waals surface area (Å²) in [6.45, 7) is 13.1. The van der Waals surface area contributed by atoms with Crippen molar-refractivity contribution in [2.75, 3.05) is 12.9 Å². The zero-order valence-electron chi connectivity index (χ0n) is 27.6. The van der Waals surface area contributed by atoms with Crippen molar-refractivity contribution in [2.45, 2.75) is 96.8 Å². The maximum atomic E-state index is 14.1. The van der Waals surface area contributed by atoms with E-state index in [9.17, 15) is 19.2 Å². The highest BCUT2D eigenvalue weighted by Crippen LogP contribution is 2.48. The molecule has 0 N–H and O–H groups in total. The maximum absolute atomic E-state index is 14.1. The molecule has 2 aliphatic heterocycles. The number of carbonyl (C=O) groups excluding carboxylic acids is 4. The van der Waals surface area contributed by atoms with Crippen LogP contribution in [0.3, 0.4) is 0 Å². The van der Waals surface area contributed by atoms with E-state index in [1.165, 1.54) is 11.8 Å². The fourth-order valence-corrected chi connectivity index (χ4v) is 8.64. The van der Waals surface area contributed by atoms with E-state index < -0.39 is 64.1 Å². The Morgan fingerprint density at radius 1 is 0.978 bits per heavy atom. The van der Waals surface area contributed by atoms with Crippen LogP contribution < -0.4 is 0 Å². The number of carbonyl (C=O) groups is 4. The Morgan fingerprint density at radius 3 is 2.24 bits per heavy atom. The van der Waals surface area contributed by atoms with Crippen LogP contribution >= 0.6 is 11.8 Å². The lowest BCUT2D eigenvalue weighted by Crippen LogP contribution is -2.53. The number of rotatable bonds is 7. The first-order chi connectivity index (χ1) is 21.2. The quantitative estimate of drug-likeness (QED) is 0.295. The number of ether oxygens (including phenoxy) is 3. The van der Waals surface area contributed by atoms with Crippen LogP contribution in [0.15, 0.2) is 36.8 Å². The van der Waals surface area contributed by atoms with Gasteiger partial charge in [-0.2, -0.15) is 5.10 Å². The van der Waals surface area contributed by atoms with Crippen molar-refractivity contribution >= 4 is 35.3 Å². The van der Waals surface area contributed by atoms with Crippen molar-refractivity contribution in [2.24, 2.45) is 29.6 Å². The van der Waals surface area contributed by atoms with Crippen molar-refractivity contribution in [3.63, 3.8) is 0 Å². The van der Waals surface area contributed by atoms with Crippen LogP contribution in [-0.4, -0.2) is 73.7 Å². The Hall–Kier alpha value is -3.05. The average Bonchev–Trinajstić information content (AvgIpc) is 3.60. The molecule has 0 bridgehead atoms. The molecule has 2 aromatic heterocycles. The van der Waals surface area contributed by atoms with Crippen molar-refractivity contribution < 1.29 is 33.4 Å². The van der Waals surface area contributed by atoms with E-state index in [1.54, 1.807) is 40.3 Å². The lowest BCUT2D eigenvalue weighted by atomic mass is 9.70. The second-order valence-corrected chi connectivity index (χ2v) is 14.4. The number of nitrogens with zero attached hydrogens (tertiary/aromatic N) is 3. The van der Waals surface area contributed by atoms with E-state index in [1.807, 2.05) is 56.8 Å². The summed E-state index contributed by atoms with van der Waals surface area (Å²) in [6, 6.07) is 5.72. The first kappa shape index (κ1) is 34.8. The summed E-state index contributed by atoms with van der Waals surface area (Å²) in [4.78, 5) is 58.5. The maximum Gasteiger partial charge on any atom is 0.320 e. The Balaban J connectivity index is 1.63. The molecule has 2 aromatic rings. The molecule has 246 valence electrons. The largest absolute Gasteiger partial charge is 0.458 e. The van der Waals surface area contributed by atoms with Crippen LogP contribution in [0.4, 0.5) is 0 Å². The molecule has 0 aliphatic carbocycles. The van der Waals surface area contributed by atoms with Crippen molar-refractivity contribution in [3.05, 3.63) is 36.8 Å². The number of Topliss-reactive ketones (excluding diaryl/α,β-unsaturated/α-hetero) is 2. The Kier molecular flexibility index (Phi) is 11.0. The number of fused-ring (bicyclic) bond motifs is 1. The molecule has 11 heteroatoms. The van der Waals surface area contributed by atoms with Gasteiger partial charge in [-0.15, -0.1) is 11.8 Å². The lowest BCUT2D eigenvalue weighted by Gasteiger charge is -2.41. The molecule has 4 rings (SSSR count). The van der Waals surface area contributed by atoms with Crippen LogP contribution in [0.2, 0.25) is 0 Å². The highest BCUT2D eigenvalue weighted by atomic mass is 32.2. The normalized spacial score (nSPS) is 35.0. The smallest absolute Gasteiger partial charge is 0.320 e. The monoisotopic (exact) mass is 641 g/mol. The molecular weight excluding hydrogens is 594 g/mol. The summed E-state index contributed by atoms with van der Waals surface area (Å²) in [6.07, 6.45) is 5.61. The van der Waals surface area contributed by atoms with Crippen LogP contribution in [0, 0.1) is 29.6 Å². The van der Waals surface area contributed by atoms with E-state index in [4.69, 9.17) is 14.2 Å². The molecule has 2 saturated heterocycles. The van der Waals surface area contributed by atoms with Gasteiger partial charge in [-0.3, -0.25) is 28.8 Å². The van der Waals surface area contributed by atoms with Gasteiger partial charge in [-0.25, -0.2) is 0 Å². The van der Waals surface area contributed by atoms with Crippen LogP contribution in [0.5, 0.6) is 0 Å². The standard InChI is InChI=1S/C34H47N3O7S/c1-9-26-34(7)27(30(32(41)44-34)45-17-16-37-15-12-25(36-37)24-10-13-35-14-11-24)22(4)28(38)20(2)18-33(6,42-8)19-21(3)29(39)23(5)31(40)43-26/h10-15,20-23,26-27,30H,9,16-19H2,1-8H3. The number of ketones is 2. The molecular formula is C34H47N3O7S. The second kappa shape index (κ2) is 14.2. The Bertz CT molecular complexity index is 1380. The molecule has 2 aliphatic rings. The molecule has 9 atom stereocenters. The lowest BCUT2D eigenvalue weighted by molar-refractivity contribution is -0.183. The Morgan fingerprint density at radius 2 is 1.62 bits per heavy atom. The third kappa shape index (κ3) is 7.35. The van der Waals surface area contributed by atoms with Crippen LogP contribution in [-0.2, 0) is 39.9 Å². The molecule has 0 amide bonds. The number of pyridine rings is 1. The fraction of sp³-hybridized carbons (Fsp3) is 0.647. The predicted octanol–water partition coefficient (Wildman–Crippen LogP) is 5.18. The summed E-state index contributed by atoms with van der Waals surface area (Å²) in [5.74, 6) is -3.84. The zero-order chi connectivity index (χ0) is 33.1. The number of esters is 2. The number of hydrogen-bond donors (Lipinski definition) is 0.